The van der Waals surface area contributed by atoms with E-state index >= 15 is 0 Å². The van der Waals surface area contributed by atoms with Crippen LogP contribution < -0.4 is 15.5 Å². The van der Waals surface area contributed by atoms with Crippen LogP contribution >= 0.6 is 0 Å². The average Bonchev–Trinajstić information content (AvgIpc) is 3.35. The standard InChI is InChI=1S/C23H26F3N3O4/c1-29(2)17-8-6-14(7-9-17)11-27-18-12-31-21-19(13-32-20(18)21)33-22(30)28-16-5-3-4-15(10-16)23(24,25)26/h3-10,18-21,27H,11-13H2,1-2H3,(H,28,30)/t18-,19+,20+,21+/m0/s1. The molecule has 2 aliphatic heterocycles. The van der Waals surface area contributed by atoms with Crippen molar-refractivity contribution in [2.24, 2.45) is 0 Å². The van der Waals surface area contributed by atoms with E-state index in [0.717, 1.165) is 23.4 Å². The van der Waals surface area contributed by atoms with Crippen LogP contribution in [-0.4, -0.2) is 57.8 Å². The van der Waals surface area contributed by atoms with Crippen molar-refractivity contribution in [3.8, 4) is 0 Å². The lowest BCUT2D eigenvalue weighted by molar-refractivity contribution is -0.137. The van der Waals surface area contributed by atoms with Crippen LogP contribution in [0, 0.1) is 0 Å². The van der Waals surface area contributed by atoms with Gasteiger partial charge >= 0.3 is 12.3 Å². The molecule has 0 unspecified atom stereocenters. The minimum Gasteiger partial charge on any atom is -0.441 e. The van der Waals surface area contributed by atoms with Gasteiger partial charge in [0.15, 0.2) is 6.10 Å². The number of carbonyl (C=O) groups is 1. The van der Waals surface area contributed by atoms with Gasteiger partial charge in [-0.25, -0.2) is 4.79 Å². The number of benzene rings is 2. The molecule has 4 rings (SSSR count). The van der Waals surface area contributed by atoms with Crippen LogP contribution in [0.15, 0.2) is 48.5 Å². The van der Waals surface area contributed by atoms with Crippen molar-refractivity contribution in [2.75, 3.05) is 37.5 Å². The van der Waals surface area contributed by atoms with Crippen molar-refractivity contribution in [1.82, 2.24) is 5.32 Å². The van der Waals surface area contributed by atoms with E-state index in [1.54, 1.807) is 0 Å². The fraction of sp³-hybridized carbons (Fsp3) is 0.435. The molecule has 0 bridgehead atoms. The van der Waals surface area contributed by atoms with Gasteiger partial charge in [0, 0.05) is 32.0 Å². The number of amides is 1. The van der Waals surface area contributed by atoms with Gasteiger partial charge in [0.25, 0.3) is 0 Å². The van der Waals surface area contributed by atoms with Crippen LogP contribution in [0.5, 0.6) is 0 Å². The number of nitrogens with zero attached hydrogens (tertiary/aromatic N) is 1. The Morgan fingerprint density at radius 1 is 1.09 bits per heavy atom. The lowest BCUT2D eigenvalue weighted by Gasteiger charge is -2.18. The molecular weight excluding hydrogens is 439 g/mol. The topological polar surface area (TPSA) is 72.1 Å². The van der Waals surface area contributed by atoms with Crippen molar-refractivity contribution in [1.29, 1.82) is 0 Å². The van der Waals surface area contributed by atoms with Crippen molar-refractivity contribution >= 4 is 17.5 Å². The molecule has 0 aromatic heterocycles. The number of ether oxygens (including phenoxy) is 3. The highest BCUT2D eigenvalue weighted by molar-refractivity contribution is 5.84. The Labute approximate surface area is 189 Å². The third kappa shape index (κ3) is 5.58. The first-order chi connectivity index (χ1) is 15.7. The van der Waals surface area contributed by atoms with Crippen LogP contribution in [0.1, 0.15) is 11.1 Å². The molecule has 2 fully saturated rings. The van der Waals surface area contributed by atoms with E-state index in [2.05, 4.69) is 22.8 Å². The number of hydrogen-bond acceptors (Lipinski definition) is 6. The highest BCUT2D eigenvalue weighted by atomic mass is 19.4. The monoisotopic (exact) mass is 465 g/mol. The lowest BCUT2D eigenvalue weighted by atomic mass is 10.1. The quantitative estimate of drug-likeness (QED) is 0.679. The number of fused-ring (bicyclic) bond motifs is 1. The van der Waals surface area contributed by atoms with E-state index < -0.39 is 30.0 Å². The molecule has 2 N–H and O–H groups in total. The van der Waals surface area contributed by atoms with E-state index in [1.165, 1.54) is 12.1 Å². The normalized spacial score (nSPS) is 24.4. The smallest absolute Gasteiger partial charge is 0.416 e. The number of rotatable bonds is 6. The van der Waals surface area contributed by atoms with Gasteiger partial charge in [0.2, 0.25) is 0 Å². The molecule has 178 valence electrons. The lowest BCUT2D eigenvalue weighted by Crippen LogP contribution is -2.41. The molecule has 0 saturated carbocycles. The zero-order valence-electron chi connectivity index (χ0n) is 18.3. The summed E-state index contributed by atoms with van der Waals surface area (Å²) in [6.07, 6.45) is -6.72. The Morgan fingerprint density at radius 3 is 2.52 bits per heavy atom. The molecule has 0 aliphatic carbocycles. The number of carbonyl (C=O) groups excluding carboxylic acids is 1. The molecule has 4 atom stereocenters. The van der Waals surface area contributed by atoms with Gasteiger partial charge in [-0.2, -0.15) is 13.2 Å². The second kappa shape index (κ2) is 9.58. The minimum absolute atomic E-state index is 0.00235. The summed E-state index contributed by atoms with van der Waals surface area (Å²) in [6, 6.07) is 12.5. The van der Waals surface area contributed by atoms with Gasteiger partial charge in [0.1, 0.15) is 12.2 Å². The molecule has 2 aromatic carbocycles. The van der Waals surface area contributed by atoms with Crippen LogP contribution in [-0.2, 0) is 26.9 Å². The van der Waals surface area contributed by atoms with Gasteiger partial charge in [-0.1, -0.05) is 18.2 Å². The molecular formula is C23H26F3N3O4. The fourth-order valence-electron chi connectivity index (χ4n) is 3.96. The maximum Gasteiger partial charge on any atom is 0.416 e. The SMILES string of the molecule is CN(C)c1ccc(CN[C@H]2CO[C@H]3[C@@H]2OC[C@H]3OC(=O)Nc2cccc(C(F)(F)F)c2)cc1. The first kappa shape index (κ1) is 23.3. The van der Waals surface area contributed by atoms with E-state index in [4.69, 9.17) is 14.2 Å². The van der Waals surface area contributed by atoms with Crippen LogP contribution in [0.25, 0.3) is 0 Å². The molecule has 33 heavy (non-hydrogen) atoms. The van der Waals surface area contributed by atoms with Crippen LogP contribution in [0.4, 0.5) is 29.3 Å². The van der Waals surface area contributed by atoms with E-state index in [0.29, 0.717) is 13.2 Å². The summed E-state index contributed by atoms with van der Waals surface area (Å²) in [5.41, 5.74) is 1.38. The highest BCUT2D eigenvalue weighted by Crippen LogP contribution is 2.32. The third-order valence-electron chi connectivity index (χ3n) is 5.72. The summed E-state index contributed by atoms with van der Waals surface area (Å²) in [6.45, 7) is 1.19. The summed E-state index contributed by atoms with van der Waals surface area (Å²) in [4.78, 5) is 14.3. The largest absolute Gasteiger partial charge is 0.441 e. The molecule has 0 spiro atoms. The van der Waals surface area contributed by atoms with Crippen molar-refractivity contribution in [3.63, 3.8) is 0 Å². The molecule has 1 amide bonds. The zero-order valence-corrected chi connectivity index (χ0v) is 18.3. The van der Waals surface area contributed by atoms with Gasteiger partial charge in [-0.3, -0.25) is 5.32 Å². The molecule has 0 radical (unpaired) electrons. The molecule has 2 heterocycles. The Bertz CT molecular complexity index is 968. The second-order valence-electron chi connectivity index (χ2n) is 8.29. The molecule has 7 nitrogen and oxygen atoms in total. The number of nitrogens with one attached hydrogen (secondary N) is 2. The molecule has 2 aromatic rings. The number of halogens is 3. The van der Waals surface area contributed by atoms with Crippen molar-refractivity contribution in [3.05, 3.63) is 59.7 Å². The Balaban J connectivity index is 1.28. The summed E-state index contributed by atoms with van der Waals surface area (Å²) in [7, 11) is 3.97. The number of anilines is 2. The Kier molecular flexibility index (Phi) is 6.78. The molecule has 2 saturated heterocycles. The first-order valence-corrected chi connectivity index (χ1v) is 10.6. The van der Waals surface area contributed by atoms with Gasteiger partial charge in [-0.15, -0.1) is 0 Å². The number of hydrogen-bond donors (Lipinski definition) is 2. The highest BCUT2D eigenvalue weighted by Gasteiger charge is 2.49. The van der Waals surface area contributed by atoms with Gasteiger partial charge < -0.3 is 24.4 Å². The molecule has 10 heteroatoms. The first-order valence-electron chi connectivity index (χ1n) is 10.6. The predicted molar refractivity (Wildman–Crippen MR) is 116 cm³/mol. The molecule has 2 aliphatic rings. The average molecular weight is 465 g/mol. The van der Waals surface area contributed by atoms with Gasteiger partial charge in [0.05, 0.1) is 24.8 Å². The maximum absolute atomic E-state index is 12.9. The maximum atomic E-state index is 12.9. The van der Waals surface area contributed by atoms with Crippen LogP contribution in [0.2, 0.25) is 0 Å². The fourth-order valence-corrected chi connectivity index (χ4v) is 3.96. The van der Waals surface area contributed by atoms with E-state index in [-0.39, 0.29) is 24.4 Å². The summed E-state index contributed by atoms with van der Waals surface area (Å²) in [5.74, 6) is 0. The summed E-state index contributed by atoms with van der Waals surface area (Å²) in [5, 5.41) is 5.77. The Morgan fingerprint density at radius 2 is 1.82 bits per heavy atom. The summed E-state index contributed by atoms with van der Waals surface area (Å²) >= 11 is 0. The Hall–Kier alpha value is -2.82. The van der Waals surface area contributed by atoms with Crippen molar-refractivity contribution in [2.45, 2.75) is 37.1 Å². The van der Waals surface area contributed by atoms with E-state index in [1.807, 2.05) is 31.1 Å². The second-order valence-corrected chi connectivity index (χ2v) is 8.29. The van der Waals surface area contributed by atoms with E-state index in [9.17, 15) is 18.0 Å². The van der Waals surface area contributed by atoms with Gasteiger partial charge in [-0.05, 0) is 35.9 Å². The third-order valence-corrected chi connectivity index (χ3v) is 5.72. The minimum atomic E-state index is -4.50. The van der Waals surface area contributed by atoms with Crippen molar-refractivity contribution < 1.29 is 32.2 Å². The predicted octanol–water partition coefficient (Wildman–Crippen LogP) is 3.64. The van der Waals surface area contributed by atoms with Crippen LogP contribution in [0.3, 0.4) is 0 Å². The summed E-state index contributed by atoms with van der Waals surface area (Å²) < 4.78 is 55.6. The zero-order chi connectivity index (χ0) is 23.6. The number of alkyl halides is 3.